The van der Waals surface area contributed by atoms with Gasteiger partial charge in [-0.1, -0.05) is 24.3 Å². The molecule has 0 aliphatic heterocycles. The molecule has 106 valence electrons. The zero-order valence-corrected chi connectivity index (χ0v) is 11.4. The number of phenols is 1. The van der Waals surface area contributed by atoms with Crippen LogP contribution in [0.4, 0.5) is 4.39 Å². The van der Waals surface area contributed by atoms with Gasteiger partial charge in [-0.15, -0.1) is 0 Å². The number of ether oxygens (including phenoxy) is 1. The maximum Gasteiger partial charge on any atom is 0.126 e. The molecule has 0 saturated carbocycles. The van der Waals surface area contributed by atoms with Gasteiger partial charge in [0, 0.05) is 18.2 Å². The van der Waals surface area contributed by atoms with Crippen LogP contribution in [0.2, 0.25) is 0 Å². The van der Waals surface area contributed by atoms with E-state index in [2.05, 4.69) is 5.32 Å². The van der Waals surface area contributed by atoms with Crippen LogP contribution in [0.5, 0.6) is 11.5 Å². The fourth-order valence-electron chi connectivity index (χ4n) is 1.97. The van der Waals surface area contributed by atoms with E-state index in [4.69, 9.17) is 4.74 Å². The van der Waals surface area contributed by atoms with Crippen molar-refractivity contribution in [3.63, 3.8) is 0 Å². The highest BCUT2D eigenvalue weighted by Crippen LogP contribution is 2.23. The Balaban J connectivity index is 1.83. The molecular formula is C16H18FNO2. The highest BCUT2D eigenvalue weighted by atomic mass is 19.1. The summed E-state index contributed by atoms with van der Waals surface area (Å²) >= 11 is 0. The van der Waals surface area contributed by atoms with E-state index in [9.17, 15) is 9.50 Å². The number of hydrogen-bond acceptors (Lipinski definition) is 3. The summed E-state index contributed by atoms with van der Waals surface area (Å²) in [6, 6.07) is 11.9. The summed E-state index contributed by atoms with van der Waals surface area (Å²) in [5, 5.41) is 13.0. The van der Waals surface area contributed by atoms with Crippen LogP contribution in [0.25, 0.3) is 0 Å². The van der Waals surface area contributed by atoms with Crippen LogP contribution in [0.3, 0.4) is 0 Å². The monoisotopic (exact) mass is 275 g/mol. The molecule has 0 aromatic heterocycles. The lowest BCUT2D eigenvalue weighted by Gasteiger charge is -2.09. The van der Waals surface area contributed by atoms with Gasteiger partial charge in [-0.2, -0.15) is 0 Å². The molecule has 0 bridgehead atoms. The van der Waals surface area contributed by atoms with Crippen molar-refractivity contribution in [2.24, 2.45) is 0 Å². The molecule has 2 aromatic carbocycles. The third-order valence-electron chi connectivity index (χ3n) is 3.14. The van der Waals surface area contributed by atoms with Gasteiger partial charge in [-0.05, 0) is 30.7 Å². The van der Waals surface area contributed by atoms with E-state index in [1.165, 1.54) is 6.07 Å². The van der Waals surface area contributed by atoms with Crippen LogP contribution >= 0.6 is 0 Å². The van der Waals surface area contributed by atoms with Crippen LogP contribution in [0.15, 0.2) is 42.5 Å². The largest absolute Gasteiger partial charge is 0.507 e. The summed E-state index contributed by atoms with van der Waals surface area (Å²) in [6.45, 7) is 1.18. The number of phenolic OH excluding ortho intramolecular Hbond substituents is 1. The smallest absolute Gasteiger partial charge is 0.126 e. The summed E-state index contributed by atoms with van der Waals surface area (Å²) < 4.78 is 18.4. The molecule has 0 aliphatic carbocycles. The lowest BCUT2D eigenvalue weighted by Crippen LogP contribution is -2.17. The van der Waals surface area contributed by atoms with Crippen LogP contribution < -0.4 is 10.1 Å². The van der Waals surface area contributed by atoms with Crippen molar-refractivity contribution in [3.05, 3.63) is 59.4 Å². The summed E-state index contributed by atoms with van der Waals surface area (Å²) in [5.41, 5.74) is 1.48. The minimum absolute atomic E-state index is 0.179. The lowest BCUT2D eigenvalue weighted by molar-refractivity contribution is 0.406. The number of methoxy groups -OCH3 is 1. The highest BCUT2D eigenvalue weighted by molar-refractivity contribution is 5.39. The first-order valence-electron chi connectivity index (χ1n) is 6.50. The standard InChI is InChI=1S/C16H18FNO2/c1-20-14-7-6-13(16(19)10-14)11-18-9-8-12-4-2-3-5-15(12)17/h2-7,10,18-19H,8-9,11H2,1H3. The Morgan fingerprint density at radius 1 is 1.15 bits per heavy atom. The maximum absolute atomic E-state index is 13.4. The van der Waals surface area contributed by atoms with E-state index < -0.39 is 0 Å². The normalized spacial score (nSPS) is 10.5. The second-order valence-electron chi connectivity index (χ2n) is 4.51. The molecule has 2 rings (SSSR count). The number of benzene rings is 2. The second-order valence-corrected chi connectivity index (χ2v) is 4.51. The minimum atomic E-state index is -0.179. The summed E-state index contributed by atoms with van der Waals surface area (Å²) in [5.74, 6) is 0.641. The predicted molar refractivity (Wildman–Crippen MR) is 76.5 cm³/mol. The molecule has 0 saturated heterocycles. The van der Waals surface area contributed by atoms with Gasteiger partial charge in [0.05, 0.1) is 7.11 Å². The predicted octanol–water partition coefficient (Wildman–Crippen LogP) is 2.87. The van der Waals surface area contributed by atoms with Crippen molar-refractivity contribution >= 4 is 0 Å². The Bertz CT molecular complexity index is 572. The SMILES string of the molecule is COc1ccc(CNCCc2ccccc2F)c(O)c1. The topological polar surface area (TPSA) is 41.5 Å². The van der Waals surface area contributed by atoms with E-state index in [0.29, 0.717) is 30.8 Å². The average Bonchev–Trinajstić information content (AvgIpc) is 2.46. The Morgan fingerprint density at radius 3 is 2.65 bits per heavy atom. The van der Waals surface area contributed by atoms with Crippen molar-refractivity contribution in [3.8, 4) is 11.5 Å². The van der Waals surface area contributed by atoms with Crippen molar-refractivity contribution < 1.29 is 14.2 Å². The number of halogens is 1. The van der Waals surface area contributed by atoms with Crippen molar-refractivity contribution in [2.45, 2.75) is 13.0 Å². The molecule has 0 amide bonds. The Kier molecular flexibility index (Phi) is 4.96. The molecule has 0 atom stereocenters. The maximum atomic E-state index is 13.4. The molecular weight excluding hydrogens is 257 g/mol. The van der Waals surface area contributed by atoms with Crippen LogP contribution in [-0.2, 0) is 13.0 Å². The van der Waals surface area contributed by atoms with Gasteiger partial charge in [0.2, 0.25) is 0 Å². The van der Waals surface area contributed by atoms with Gasteiger partial charge in [0.1, 0.15) is 17.3 Å². The quantitative estimate of drug-likeness (QED) is 0.797. The van der Waals surface area contributed by atoms with Gasteiger partial charge < -0.3 is 15.2 Å². The van der Waals surface area contributed by atoms with Gasteiger partial charge in [-0.25, -0.2) is 4.39 Å². The molecule has 0 unspecified atom stereocenters. The van der Waals surface area contributed by atoms with Crippen LogP contribution in [0, 0.1) is 5.82 Å². The van der Waals surface area contributed by atoms with E-state index in [1.54, 1.807) is 31.4 Å². The molecule has 3 nitrogen and oxygen atoms in total. The molecule has 0 aliphatic rings. The molecule has 2 N–H and O–H groups in total. The first-order chi connectivity index (χ1) is 9.70. The van der Waals surface area contributed by atoms with Crippen LogP contribution in [0.1, 0.15) is 11.1 Å². The molecule has 0 spiro atoms. The molecule has 2 aromatic rings. The lowest BCUT2D eigenvalue weighted by atomic mass is 10.1. The summed E-state index contributed by atoms with van der Waals surface area (Å²) in [7, 11) is 1.56. The average molecular weight is 275 g/mol. The molecule has 0 radical (unpaired) electrons. The zero-order valence-electron chi connectivity index (χ0n) is 11.4. The third kappa shape index (κ3) is 3.71. The Hall–Kier alpha value is -2.07. The van der Waals surface area contributed by atoms with E-state index >= 15 is 0 Å². The molecule has 0 fully saturated rings. The molecule has 0 heterocycles. The number of hydrogen-bond donors (Lipinski definition) is 2. The number of rotatable bonds is 6. The summed E-state index contributed by atoms with van der Waals surface area (Å²) in [6.07, 6.45) is 0.615. The number of nitrogens with one attached hydrogen (secondary N) is 1. The molecule has 20 heavy (non-hydrogen) atoms. The van der Waals surface area contributed by atoms with Crippen LogP contribution in [-0.4, -0.2) is 18.8 Å². The van der Waals surface area contributed by atoms with Gasteiger partial charge >= 0.3 is 0 Å². The van der Waals surface area contributed by atoms with Gasteiger partial charge in [-0.3, -0.25) is 0 Å². The van der Waals surface area contributed by atoms with E-state index in [-0.39, 0.29) is 11.6 Å². The van der Waals surface area contributed by atoms with Gasteiger partial charge in [0.15, 0.2) is 0 Å². The van der Waals surface area contributed by atoms with E-state index in [1.807, 2.05) is 12.1 Å². The Morgan fingerprint density at radius 2 is 1.95 bits per heavy atom. The summed E-state index contributed by atoms with van der Waals surface area (Å²) in [4.78, 5) is 0. The first-order valence-corrected chi connectivity index (χ1v) is 6.50. The second kappa shape index (κ2) is 6.91. The fourth-order valence-corrected chi connectivity index (χ4v) is 1.97. The van der Waals surface area contributed by atoms with Crippen molar-refractivity contribution in [1.82, 2.24) is 5.32 Å². The molecule has 4 heteroatoms. The fraction of sp³-hybridized carbons (Fsp3) is 0.250. The third-order valence-corrected chi connectivity index (χ3v) is 3.14. The first kappa shape index (κ1) is 14.3. The Labute approximate surface area is 118 Å². The van der Waals surface area contributed by atoms with Gasteiger partial charge in [0.25, 0.3) is 0 Å². The van der Waals surface area contributed by atoms with Crippen molar-refractivity contribution in [2.75, 3.05) is 13.7 Å². The highest BCUT2D eigenvalue weighted by Gasteiger charge is 2.03. The van der Waals surface area contributed by atoms with E-state index in [0.717, 1.165) is 5.56 Å². The zero-order chi connectivity index (χ0) is 14.4. The number of aromatic hydroxyl groups is 1. The minimum Gasteiger partial charge on any atom is -0.507 e. The van der Waals surface area contributed by atoms with Crippen molar-refractivity contribution in [1.29, 1.82) is 0 Å².